The Kier molecular flexibility index (Phi) is 4.02. The highest BCUT2D eigenvalue weighted by atomic mass is 35.5. The lowest BCUT2D eigenvalue weighted by Crippen LogP contribution is -2.13. The van der Waals surface area contributed by atoms with Gasteiger partial charge in [0.25, 0.3) is 0 Å². The molecule has 0 fully saturated rings. The van der Waals surface area contributed by atoms with Gasteiger partial charge in [0, 0.05) is 10.0 Å². The van der Waals surface area contributed by atoms with E-state index in [1.807, 2.05) is 12.1 Å². The quantitative estimate of drug-likeness (QED) is 0.837. The first-order chi connectivity index (χ1) is 9.63. The summed E-state index contributed by atoms with van der Waals surface area (Å²) < 4.78 is 0. The Morgan fingerprint density at radius 1 is 0.800 bits per heavy atom. The summed E-state index contributed by atoms with van der Waals surface area (Å²) in [5.41, 5.74) is 11.4. The largest absolute Gasteiger partial charge is 0.320 e. The predicted octanol–water partition coefficient (Wildman–Crippen LogP) is 4.92. The molecule has 2 N–H and O–H groups in total. The fraction of sp³-hybridized carbons (Fsp3) is 0.294. The van der Waals surface area contributed by atoms with Crippen LogP contribution >= 0.6 is 23.2 Å². The molecule has 20 heavy (non-hydrogen) atoms. The maximum Gasteiger partial charge on any atom is 0.0552 e. The molecule has 1 atom stereocenters. The molecule has 0 aliphatic heterocycles. The molecule has 1 nitrogen and oxygen atoms in total. The first kappa shape index (κ1) is 13.9. The van der Waals surface area contributed by atoms with E-state index in [1.165, 1.54) is 30.4 Å². The monoisotopic (exact) mass is 305 g/mol. The Bertz CT molecular complexity index is 617. The van der Waals surface area contributed by atoms with Gasteiger partial charge in [0.15, 0.2) is 0 Å². The van der Waals surface area contributed by atoms with Gasteiger partial charge in [-0.25, -0.2) is 0 Å². The van der Waals surface area contributed by atoms with Crippen molar-refractivity contribution in [1.82, 2.24) is 0 Å². The summed E-state index contributed by atoms with van der Waals surface area (Å²) in [6.07, 6.45) is 4.91. The second-order valence-corrected chi connectivity index (χ2v) is 6.29. The number of nitrogens with two attached hydrogens (primary N) is 1. The molecular weight excluding hydrogens is 289 g/mol. The zero-order valence-corrected chi connectivity index (χ0v) is 12.7. The van der Waals surface area contributed by atoms with Crippen LogP contribution in [-0.2, 0) is 12.8 Å². The van der Waals surface area contributed by atoms with Crippen molar-refractivity contribution in [3.63, 3.8) is 0 Å². The standard InChI is InChI=1S/C17H17Cl2N/c18-15-8-14(9-16(19)10-15)17(20)13-6-5-11-3-1-2-4-12(11)7-13/h5-10,17H,1-4,20H2. The maximum atomic E-state index is 6.37. The molecule has 3 rings (SSSR count). The summed E-state index contributed by atoms with van der Waals surface area (Å²) >= 11 is 12.1. The predicted molar refractivity (Wildman–Crippen MR) is 85.6 cm³/mol. The molecule has 0 saturated carbocycles. The van der Waals surface area contributed by atoms with Gasteiger partial charge in [-0.2, -0.15) is 0 Å². The third-order valence-corrected chi connectivity index (χ3v) is 4.41. The van der Waals surface area contributed by atoms with E-state index in [-0.39, 0.29) is 6.04 Å². The van der Waals surface area contributed by atoms with Gasteiger partial charge in [0.1, 0.15) is 0 Å². The average Bonchev–Trinajstić information content (AvgIpc) is 2.45. The molecule has 1 aliphatic rings. The van der Waals surface area contributed by atoms with Crippen LogP contribution in [0.2, 0.25) is 10.0 Å². The summed E-state index contributed by atoms with van der Waals surface area (Å²) in [6.45, 7) is 0. The van der Waals surface area contributed by atoms with Crippen LogP contribution in [0.5, 0.6) is 0 Å². The van der Waals surface area contributed by atoms with E-state index in [0.717, 1.165) is 17.5 Å². The van der Waals surface area contributed by atoms with E-state index >= 15 is 0 Å². The van der Waals surface area contributed by atoms with Gasteiger partial charge in [-0.15, -0.1) is 0 Å². The molecule has 0 spiro atoms. The highest BCUT2D eigenvalue weighted by Crippen LogP contribution is 2.29. The second-order valence-electron chi connectivity index (χ2n) is 5.42. The molecule has 0 amide bonds. The SMILES string of the molecule is NC(c1cc(Cl)cc(Cl)c1)c1ccc2c(c1)CCCC2. The van der Waals surface area contributed by atoms with Crippen molar-refractivity contribution < 1.29 is 0 Å². The number of hydrogen-bond acceptors (Lipinski definition) is 1. The summed E-state index contributed by atoms with van der Waals surface area (Å²) in [4.78, 5) is 0. The summed E-state index contributed by atoms with van der Waals surface area (Å²) in [7, 11) is 0. The van der Waals surface area contributed by atoms with E-state index in [0.29, 0.717) is 10.0 Å². The molecule has 1 aliphatic carbocycles. The molecule has 0 bridgehead atoms. The van der Waals surface area contributed by atoms with Crippen LogP contribution in [0.15, 0.2) is 36.4 Å². The normalized spacial score (nSPS) is 15.8. The number of hydrogen-bond donors (Lipinski definition) is 1. The van der Waals surface area contributed by atoms with Gasteiger partial charge in [-0.3, -0.25) is 0 Å². The second kappa shape index (κ2) is 5.77. The molecule has 0 heterocycles. The van der Waals surface area contributed by atoms with Crippen LogP contribution in [0.3, 0.4) is 0 Å². The lowest BCUT2D eigenvalue weighted by Gasteiger charge is -2.19. The van der Waals surface area contributed by atoms with E-state index in [2.05, 4.69) is 18.2 Å². The molecular formula is C17H17Cl2N. The summed E-state index contributed by atoms with van der Waals surface area (Å²) in [5, 5.41) is 1.25. The lowest BCUT2D eigenvalue weighted by molar-refractivity contribution is 0.682. The van der Waals surface area contributed by atoms with Crippen LogP contribution in [0.1, 0.15) is 41.1 Å². The molecule has 0 aromatic heterocycles. The smallest absolute Gasteiger partial charge is 0.0552 e. The van der Waals surface area contributed by atoms with Crippen molar-refractivity contribution >= 4 is 23.2 Å². The molecule has 0 saturated heterocycles. The molecule has 0 radical (unpaired) electrons. The van der Waals surface area contributed by atoms with Gasteiger partial charge in [0.05, 0.1) is 6.04 Å². The number of aryl methyl sites for hydroxylation is 2. The van der Waals surface area contributed by atoms with Crippen molar-refractivity contribution in [2.24, 2.45) is 5.73 Å². The Balaban J connectivity index is 1.95. The van der Waals surface area contributed by atoms with Crippen LogP contribution in [-0.4, -0.2) is 0 Å². The van der Waals surface area contributed by atoms with E-state index in [4.69, 9.17) is 28.9 Å². The number of rotatable bonds is 2. The van der Waals surface area contributed by atoms with Crippen LogP contribution in [0, 0.1) is 0 Å². The van der Waals surface area contributed by atoms with Crippen LogP contribution in [0.4, 0.5) is 0 Å². The zero-order valence-electron chi connectivity index (χ0n) is 11.2. The summed E-state index contributed by atoms with van der Waals surface area (Å²) in [5.74, 6) is 0. The van der Waals surface area contributed by atoms with Gasteiger partial charge in [-0.1, -0.05) is 41.4 Å². The first-order valence-corrected chi connectivity index (χ1v) is 7.72. The summed E-state index contributed by atoms with van der Waals surface area (Å²) in [6, 6.07) is 11.9. The highest BCUT2D eigenvalue weighted by molar-refractivity contribution is 6.34. The Morgan fingerprint density at radius 3 is 2.15 bits per heavy atom. The van der Waals surface area contributed by atoms with E-state index in [9.17, 15) is 0 Å². The van der Waals surface area contributed by atoms with Crippen LogP contribution in [0.25, 0.3) is 0 Å². The van der Waals surface area contributed by atoms with Gasteiger partial charge >= 0.3 is 0 Å². The minimum atomic E-state index is -0.182. The fourth-order valence-corrected chi connectivity index (χ4v) is 3.44. The Hall–Kier alpha value is -1.02. The van der Waals surface area contributed by atoms with E-state index in [1.54, 1.807) is 6.07 Å². The number of fused-ring (bicyclic) bond motifs is 1. The molecule has 104 valence electrons. The minimum absolute atomic E-state index is 0.182. The van der Waals surface area contributed by atoms with Gasteiger partial charge in [0.2, 0.25) is 0 Å². The Morgan fingerprint density at radius 2 is 1.45 bits per heavy atom. The van der Waals surface area contributed by atoms with E-state index < -0.39 is 0 Å². The number of halogens is 2. The average molecular weight is 306 g/mol. The Labute approximate surface area is 129 Å². The fourth-order valence-electron chi connectivity index (χ4n) is 2.89. The minimum Gasteiger partial charge on any atom is -0.320 e. The van der Waals surface area contributed by atoms with Gasteiger partial charge < -0.3 is 5.73 Å². The first-order valence-electron chi connectivity index (χ1n) is 6.97. The van der Waals surface area contributed by atoms with Gasteiger partial charge in [-0.05, 0) is 66.1 Å². The van der Waals surface area contributed by atoms with Crippen LogP contribution < -0.4 is 5.73 Å². The number of benzene rings is 2. The molecule has 2 aromatic carbocycles. The third kappa shape index (κ3) is 2.85. The molecule has 3 heteroatoms. The molecule has 1 unspecified atom stereocenters. The van der Waals surface area contributed by atoms with Crippen molar-refractivity contribution in [3.8, 4) is 0 Å². The molecule has 2 aromatic rings. The lowest BCUT2D eigenvalue weighted by atomic mass is 9.88. The third-order valence-electron chi connectivity index (χ3n) is 3.98. The van der Waals surface area contributed by atoms with Crippen molar-refractivity contribution in [2.45, 2.75) is 31.7 Å². The highest BCUT2D eigenvalue weighted by Gasteiger charge is 2.14. The zero-order chi connectivity index (χ0) is 14.1. The maximum absolute atomic E-state index is 6.37. The van der Waals surface area contributed by atoms with Crippen molar-refractivity contribution in [3.05, 3.63) is 68.7 Å². The topological polar surface area (TPSA) is 26.0 Å². The van der Waals surface area contributed by atoms with Crippen molar-refractivity contribution in [2.75, 3.05) is 0 Å². The van der Waals surface area contributed by atoms with Crippen molar-refractivity contribution in [1.29, 1.82) is 0 Å².